The van der Waals surface area contributed by atoms with Crippen molar-refractivity contribution in [2.45, 2.75) is 39.3 Å². The van der Waals surface area contributed by atoms with Crippen molar-refractivity contribution in [1.82, 2.24) is 10.2 Å². The van der Waals surface area contributed by atoms with Crippen molar-refractivity contribution in [3.63, 3.8) is 0 Å². The zero-order valence-corrected chi connectivity index (χ0v) is 22.9. The normalized spacial score (nSPS) is 11.9. The fourth-order valence-corrected chi connectivity index (χ4v) is 4.55. The molecular formula is C25H34ClN3O6S. The number of hydrogen-bond donors (Lipinski definition) is 1. The Morgan fingerprint density at radius 1 is 1.11 bits per heavy atom. The van der Waals surface area contributed by atoms with Crippen molar-refractivity contribution in [1.29, 1.82) is 0 Å². The number of rotatable bonds is 13. The topological polar surface area (TPSA) is 105 Å². The SMILES string of the molecule is CCCCNC(=O)[C@@H](C)N(Cc1cccc(OC)c1)C(=O)CN(c1cc(Cl)ccc1OC)S(C)(=O)=O. The van der Waals surface area contributed by atoms with Crippen LogP contribution in [0.4, 0.5) is 5.69 Å². The van der Waals surface area contributed by atoms with Gasteiger partial charge in [0.1, 0.15) is 24.1 Å². The molecule has 0 bridgehead atoms. The highest BCUT2D eigenvalue weighted by molar-refractivity contribution is 7.92. The molecule has 0 aliphatic carbocycles. The number of carbonyl (C=O) groups is 2. The number of halogens is 1. The average Bonchev–Trinajstić information content (AvgIpc) is 2.84. The van der Waals surface area contributed by atoms with E-state index in [0.717, 1.165) is 29.0 Å². The fraction of sp³-hybridized carbons (Fsp3) is 0.440. The summed E-state index contributed by atoms with van der Waals surface area (Å²) < 4.78 is 37.0. The lowest BCUT2D eigenvalue weighted by Gasteiger charge is -2.32. The van der Waals surface area contributed by atoms with Gasteiger partial charge in [0, 0.05) is 18.1 Å². The van der Waals surface area contributed by atoms with Crippen LogP contribution in [0.2, 0.25) is 5.02 Å². The van der Waals surface area contributed by atoms with Gasteiger partial charge in [-0.05, 0) is 49.2 Å². The fourth-order valence-electron chi connectivity index (χ4n) is 3.54. The first kappa shape index (κ1) is 29.3. The Morgan fingerprint density at radius 3 is 2.44 bits per heavy atom. The van der Waals surface area contributed by atoms with E-state index in [2.05, 4.69) is 5.32 Å². The Bertz CT molecular complexity index is 1160. The van der Waals surface area contributed by atoms with Crippen molar-refractivity contribution >= 4 is 39.1 Å². The third-order valence-electron chi connectivity index (χ3n) is 5.57. The summed E-state index contributed by atoms with van der Waals surface area (Å²) in [5.74, 6) is -0.0574. The number of hydrogen-bond acceptors (Lipinski definition) is 6. The van der Waals surface area contributed by atoms with Crippen molar-refractivity contribution in [3.05, 3.63) is 53.1 Å². The van der Waals surface area contributed by atoms with Gasteiger partial charge < -0.3 is 19.7 Å². The van der Waals surface area contributed by atoms with E-state index in [1.165, 1.54) is 31.3 Å². The molecule has 11 heteroatoms. The molecule has 36 heavy (non-hydrogen) atoms. The molecule has 2 rings (SSSR count). The van der Waals surface area contributed by atoms with E-state index in [-0.39, 0.29) is 28.9 Å². The van der Waals surface area contributed by atoms with Gasteiger partial charge in [-0.1, -0.05) is 37.1 Å². The third kappa shape index (κ3) is 8.03. The second-order valence-corrected chi connectivity index (χ2v) is 10.6. The smallest absolute Gasteiger partial charge is 0.244 e. The lowest BCUT2D eigenvalue weighted by molar-refractivity contribution is -0.139. The van der Waals surface area contributed by atoms with E-state index in [9.17, 15) is 18.0 Å². The van der Waals surface area contributed by atoms with E-state index < -0.39 is 28.5 Å². The van der Waals surface area contributed by atoms with E-state index in [0.29, 0.717) is 12.3 Å². The summed E-state index contributed by atoms with van der Waals surface area (Å²) >= 11 is 6.12. The number of benzene rings is 2. The molecule has 0 aromatic heterocycles. The van der Waals surface area contributed by atoms with Crippen LogP contribution in [-0.2, 0) is 26.2 Å². The molecule has 0 radical (unpaired) electrons. The molecule has 0 aliphatic rings. The molecule has 0 spiro atoms. The van der Waals surface area contributed by atoms with Gasteiger partial charge in [0.15, 0.2) is 0 Å². The van der Waals surface area contributed by atoms with Gasteiger partial charge in [-0.2, -0.15) is 0 Å². The number of nitrogens with zero attached hydrogens (tertiary/aromatic N) is 2. The Hall–Kier alpha value is -2.98. The van der Waals surface area contributed by atoms with Crippen LogP contribution in [0.5, 0.6) is 11.5 Å². The minimum absolute atomic E-state index is 0.0721. The molecule has 1 atom stereocenters. The maximum absolute atomic E-state index is 13.6. The standard InChI is InChI=1S/C25H34ClN3O6S/c1-6-7-13-27-25(31)18(2)28(16-19-9-8-10-21(14-19)34-3)24(30)17-29(36(5,32)33)22-15-20(26)11-12-23(22)35-4/h8-12,14-15,18H,6-7,13,16-17H2,1-5H3,(H,27,31)/t18-/m1/s1. The van der Waals surface area contributed by atoms with Crippen LogP contribution in [0.25, 0.3) is 0 Å². The molecule has 2 aromatic rings. The maximum atomic E-state index is 13.6. The number of carbonyl (C=O) groups excluding carboxylic acids is 2. The molecule has 0 fully saturated rings. The van der Waals surface area contributed by atoms with E-state index in [1.54, 1.807) is 37.3 Å². The number of sulfonamides is 1. The van der Waals surface area contributed by atoms with Crippen molar-refractivity contribution in [2.75, 3.05) is 37.9 Å². The first-order valence-corrected chi connectivity index (χ1v) is 13.8. The minimum atomic E-state index is -3.92. The summed E-state index contributed by atoms with van der Waals surface area (Å²) in [6.45, 7) is 3.63. The largest absolute Gasteiger partial charge is 0.497 e. The molecule has 198 valence electrons. The predicted molar refractivity (Wildman–Crippen MR) is 141 cm³/mol. The highest BCUT2D eigenvalue weighted by Gasteiger charge is 2.31. The molecule has 0 aliphatic heterocycles. The van der Waals surface area contributed by atoms with Gasteiger partial charge in [-0.15, -0.1) is 0 Å². The van der Waals surface area contributed by atoms with Gasteiger partial charge in [-0.3, -0.25) is 13.9 Å². The van der Waals surface area contributed by atoms with Crippen LogP contribution >= 0.6 is 11.6 Å². The van der Waals surface area contributed by atoms with Crippen molar-refractivity contribution in [3.8, 4) is 11.5 Å². The zero-order valence-electron chi connectivity index (χ0n) is 21.3. The second-order valence-electron chi connectivity index (χ2n) is 8.28. The van der Waals surface area contributed by atoms with E-state index in [4.69, 9.17) is 21.1 Å². The van der Waals surface area contributed by atoms with Crippen LogP contribution in [0.15, 0.2) is 42.5 Å². The van der Waals surface area contributed by atoms with Crippen LogP contribution in [0.1, 0.15) is 32.3 Å². The third-order valence-corrected chi connectivity index (χ3v) is 6.93. The monoisotopic (exact) mass is 539 g/mol. The molecule has 1 N–H and O–H groups in total. The number of amides is 2. The number of unbranched alkanes of at least 4 members (excludes halogenated alkanes) is 1. The molecule has 9 nitrogen and oxygen atoms in total. The Kier molecular flexibility index (Phi) is 10.9. The zero-order chi connectivity index (χ0) is 26.9. The summed E-state index contributed by atoms with van der Waals surface area (Å²) in [5, 5.41) is 3.12. The lowest BCUT2D eigenvalue weighted by atomic mass is 10.1. The Balaban J connectivity index is 2.44. The van der Waals surface area contributed by atoms with Crippen LogP contribution < -0.4 is 19.1 Å². The second kappa shape index (κ2) is 13.4. The summed E-state index contributed by atoms with van der Waals surface area (Å²) in [4.78, 5) is 27.9. The maximum Gasteiger partial charge on any atom is 0.244 e. The lowest BCUT2D eigenvalue weighted by Crippen LogP contribution is -2.51. The van der Waals surface area contributed by atoms with Crippen LogP contribution in [0.3, 0.4) is 0 Å². The van der Waals surface area contributed by atoms with Gasteiger partial charge in [0.25, 0.3) is 0 Å². The summed E-state index contributed by atoms with van der Waals surface area (Å²) in [6.07, 6.45) is 2.71. The first-order chi connectivity index (χ1) is 17.0. The first-order valence-electron chi connectivity index (χ1n) is 11.5. The van der Waals surface area contributed by atoms with Gasteiger partial charge in [0.2, 0.25) is 21.8 Å². The molecule has 0 unspecified atom stereocenters. The molecule has 2 aromatic carbocycles. The average molecular weight is 540 g/mol. The number of anilines is 1. The van der Waals surface area contributed by atoms with Crippen LogP contribution in [-0.4, -0.2) is 64.7 Å². The number of methoxy groups -OCH3 is 2. The number of nitrogens with one attached hydrogen (secondary N) is 1. The summed E-state index contributed by atoms with van der Waals surface area (Å²) in [5.41, 5.74) is 0.851. The summed E-state index contributed by atoms with van der Waals surface area (Å²) in [7, 11) is -0.985. The van der Waals surface area contributed by atoms with E-state index >= 15 is 0 Å². The molecule has 0 saturated heterocycles. The molecule has 0 heterocycles. The minimum Gasteiger partial charge on any atom is -0.497 e. The van der Waals surface area contributed by atoms with Gasteiger partial charge >= 0.3 is 0 Å². The highest BCUT2D eigenvalue weighted by Crippen LogP contribution is 2.33. The molecular weight excluding hydrogens is 506 g/mol. The molecule has 0 saturated carbocycles. The quantitative estimate of drug-likeness (QED) is 0.391. The molecule has 2 amide bonds. The highest BCUT2D eigenvalue weighted by atomic mass is 35.5. The van der Waals surface area contributed by atoms with Crippen LogP contribution in [0, 0.1) is 0 Å². The van der Waals surface area contributed by atoms with Gasteiger partial charge in [-0.25, -0.2) is 8.42 Å². The van der Waals surface area contributed by atoms with Crippen molar-refractivity contribution < 1.29 is 27.5 Å². The number of ether oxygens (including phenoxy) is 2. The van der Waals surface area contributed by atoms with E-state index in [1.807, 2.05) is 6.92 Å². The Morgan fingerprint density at radius 2 is 1.83 bits per heavy atom. The summed E-state index contributed by atoms with van der Waals surface area (Å²) in [6, 6.07) is 10.8. The van der Waals surface area contributed by atoms with Gasteiger partial charge in [0.05, 0.1) is 26.2 Å². The van der Waals surface area contributed by atoms with Crippen molar-refractivity contribution in [2.24, 2.45) is 0 Å². The predicted octanol–water partition coefficient (Wildman–Crippen LogP) is 3.46. The Labute approximate surface area is 218 Å².